The van der Waals surface area contributed by atoms with Gasteiger partial charge in [0.25, 0.3) is 0 Å². The van der Waals surface area contributed by atoms with Gasteiger partial charge in [0.1, 0.15) is 11.6 Å². The molecule has 1 amide bonds. The molecule has 0 aromatic heterocycles. The molecule has 1 saturated heterocycles. The monoisotopic (exact) mass is 350 g/mol. The molecule has 2 aliphatic rings. The van der Waals surface area contributed by atoms with E-state index in [-0.39, 0.29) is 5.91 Å². The standard InChI is InChI=1S/C21H22N2O3/c1-14-9-11-16(12-10-14)18-17-19(26-22-18)21(25)23(20(17)24)13-5-8-15-6-3-2-4-7-15/h2-4,6-7,9-12,17,19,21,25H,5,8,13H2,1H3/t17-,19+,21+/m1/s1. The third-order valence-corrected chi connectivity index (χ3v) is 5.11. The Morgan fingerprint density at radius 1 is 1.12 bits per heavy atom. The van der Waals surface area contributed by atoms with Crippen LogP contribution in [0.2, 0.25) is 0 Å². The molecule has 26 heavy (non-hydrogen) atoms. The molecule has 134 valence electrons. The summed E-state index contributed by atoms with van der Waals surface area (Å²) in [4.78, 5) is 19.9. The van der Waals surface area contributed by atoms with Crippen LogP contribution in [0.15, 0.2) is 59.8 Å². The molecular formula is C21H22N2O3. The van der Waals surface area contributed by atoms with Crippen LogP contribution in [0, 0.1) is 12.8 Å². The summed E-state index contributed by atoms with van der Waals surface area (Å²) in [6, 6.07) is 18.0. The van der Waals surface area contributed by atoms with E-state index in [0.717, 1.165) is 24.0 Å². The minimum atomic E-state index is -0.949. The fraction of sp³-hybridized carbons (Fsp3) is 0.333. The van der Waals surface area contributed by atoms with E-state index in [2.05, 4.69) is 17.3 Å². The van der Waals surface area contributed by atoms with Gasteiger partial charge in [-0.25, -0.2) is 0 Å². The van der Waals surface area contributed by atoms with Gasteiger partial charge >= 0.3 is 0 Å². The average molecular weight is 350 g/mol. The van der Waals surface area contributed by atoms with Gasteiger partial charge in [0, 0.05) is 12.1 Å². The molecule has 0 saturated carbocycles. The van der Waals surface area contributed by atoms with E-state index in [4.69, 9.17) is 4.84 Å². The second kappa shape index (κ2) is 6.92. The van der Waals surface area contributed by atoms with Crippen LogP contribution >= 0.6 is 0 Å². The maximum Gasteiger partial charge on any atom is 0.238 e. The number of benzene rings is 2. The Balaban J connectivity index is 1.44. The molecule has 3 atom stereocenters. The number of likely N-dealkylation sites (tertiary alicyclic amines) is 1. The van der Waals surface area contributed by atoms with Gasteiger partial charge in [0.05, 0.1) is 0 Å². The molecule has 1 N–H and O–H groups in total. The summed E-state index contributed by atoms with van der Waals surface area (Å²) in [5, 5.41) is 14.6. The van der Waals surface area contributed by atoms with E-state index in [9.17, 15) is 9.90 Å². The smallest absolute Gasteiger partial charge is 0.238 e. The van der Waals surface area contributed by atoms with Crippen molar-refractivity contribution in [2.75, 3.05) is 6.54 Å². The van der Waals surface area contributed by atoms with Crippen molar-refractivity contribution in [2.45, 2.75) is 32.1 Å². The molecule has 2 heterocycles. The van der Waals surface area contributed by atoms with E-state index in [1.54, 1.807) is 0 Å². The van der Waals surface area contributed by atoms with Crippen molar-refractivity contribution in [1.29, 1.82) is 0 Å². The van der Waals surface area contributed by atoms with Crippen molar-refractivity contribution >= 4 is 11.6 Å². The van der Waals surface area contributed by atoms with E-state index >= 15 is 0 Å². The number of rotatable bonds is 5. The fourth-order valence-corrected chi connectivity index (χ4v) is 3.66. The van der Waals surface area contributed by atoms with Crippen LogP contribution in [0.5, 0.6) is 0 Å². The number of carbonyl (C=O) groups is 1. The first-order valence-electron chi connectivity index (χ1n) is 8.98. The lowest BCUT2D eigenvalue weighted by molar-refractivity contribution is -0.135. The average Bonchev–Trinajstić information content (AvgIpc) is 3.19. The van der Waals surface area contributed by atoms with Gasteiger partial charge in [0.15, 0.2) is 12.3 Å². The van der Waals surface area contributed by atoms with Gasteiger partial charge in [-0.15, -0.1) is 0 Å². The Bertz CT molecular complexity index is 817. The quantitative estimate of drug-likeness (QED) is 0.901. The van der Waals surface area contributed by atoms with Gasteiger partial charge in [-0.05, 0) is 25.3 Å². The number of carbonyl (C=O) groups excluding carboxylic acids is 1. The predicted molar refractivity (Wildman–Crippen MR) is 98.6 cm³/mol. The summed E-state index contributed by atoms with van der Waals surface area (Å²) in [5.41, 5.74) is 3.86. The van der Waals surface area contributed by atoms with Crippen LogP contribution in [-0.4, -0.2) is 40.5 Å². The molecule has 2 aromatic carbocycles. The zero-order valence-electron chi connectivity index (χ0n) is 14.7. The second-order valence-corrected chi connectivity index (χ2v) is 6.92. The topological polar surface area (TPSA) is 62.1 Å². The van der Waals surface area contributed by atoms with Crippen LogP contribution < -0.4 is 0 Å². The van der Waals surface area contributed by atoms with Crippen LogP contribution in [0.3, 0.4) is 0 Å². The van der Waals surface area contributed by atoms with Crippen molar-refractivity contribution in [3.63, 3.8) is 0 Å². The molecule has 2 aromatic rings. The summed E-state index contributed by atoms with van der Waals surface area (Å²) in [6.07, 6.45) is 0.0980. The fourth-order valence-electron chi connectivity index (χ4n) is 3.66. The summed E-state index contributed by atoms with van der Waals surface area (Å²) in [7, 11) is 0. The molecule has 0 bridgehead atoms. The van der Waals surface area contributed by atoms with Crippen LogP contribution in [-0.2, 0) is 16.1 Å². The predicted octanol–water partition coefficient (Wildman–Crippen LogP) is 2.51. The Morgan fingerprint density at radius 2 is 1.85 bits per heavy atom. The normalized spacial score (nSPS) is 24.4. The number of aryl methyl sites for hydroxylation is 2. The first kappa shape index (κ1) is 16.8. The Kier molecular flexibility index (Phi) is 4.47. The summed E-state index contributed by atoms with van der Waals surface area (Å²) in [5.74, 6) is -0.628. The number of hydrogen-bond donors (Lipinski definition) is 1. The number of aliphatic hydroxyl groups excluding tert-OH is 1. The molecule has 0 unspecified atom stereocenters. The SMILES string of the molecule is Cc1ccc(C2=NO[C@H]3[C@@H]2C(=O)N(CCCc2ccccc2)[C@H]3O)cc1. The Labute approximate surface area is 152 Å². The van der Waals surface area contributed by atoms with Crippen molar-refractivity contribution in [1.82, 2.24) is 4.90 Å². The third kappa shape index (κ3) is 2.99. The highest BCUT2D eigenvalue weighted by molar-refractivity contribution is 6.15. The molecular weight excluding hydrogens is 328 g/mol. The maximum atomic E-state index is 12.9. The number of fused-ring (bicyclic) bond motifs is 1. The first-order chi connectivity index (χ1) is 12.6. The zero-order chi connectivity index (χ0) is 18.1. The molecule has 4 rings (SSSR count). The van der Waals surface area contributed by atoms with Gasteiger partial charge < -0.3 is 14.8 Å². The van der Waals surface area contributed by atoms with Gasteiger partial charge in [0.2, 0.25) is 5.91 Å². The van der Waals surface area contributed by atoms with Crippen LogP contribution in [0.1, 0.15) is 23.1 Å². The van der Waals surface area contributed by atoms with E-state index in [1.165, 1.54) is 10.5 Å². The third-order valence-electron chi connectivity index (χ3n) is 5.11. The van der Waals surface area contributed by atoms with Gasteiger partial charge in [-0.2, -0.15) is 0 Å². The van der Waals surface area contributed by atoms with Crippen molar-refractivity contribution in [3.8, 4) is 0 Å². The number of hydrogen-bond acceptors (Lipinski definition) is 4. The lowest BCUT2D eigenvalue weighted by Crippen LogP contribution is -2.38. The molecule has 5 nitrogen and oxygen atoms in total. The molecule has 0 aliphatic carbocycles. The number of aliphatic hydroxyl groups is 1. The van der Waals surface area contributed by atoms with Gasteiger partial charge in [-0.3, -0.25) is 4.79 Å². The van der Waals surface area contributed by atoms with Gasteiger partial charge in [-0.1, -0.05) is 65.3 Å². The summed E-state index contributed by atoms with van der Waals surface area (Å²) < 4.78 is 0. The minimum absolute atomic E-state index is 0.104. The van der Waals surface area contributed by atoms with Crippen molar-refractivity contribution < 1.29 is 14.7 Å². The van der Waals surface area contributed by atoms with Crippen molar-refractivity contribution in [2.24, 2.45) is 11.1 Å². The second-order valence-electron chi connectivity index (χ2n) is 6.92. The molecule has 0 spiro atoms. The number of nitrogens with zero attached hydrogens (tertiary/aromatic N) is 2. The highest BCUT2D eigenvalue weighted by atomic mass is 16.7. The maximum absolute atomic E-state index is 12.9. The molecule has 0 radical (unpaired) electrons. The van der Waals surface area contributed by atoms with Crippen LogP contribution in [0.25, 0.3) is 0 Å². The first-order valence-corrected chi connectivity index (χ1v) is 8.98. The summed E-state index contributed by atoms with van der Waals surface area (Å²) in [6.45, 7) is 2.52. The van der Waals surface area contributed by atoms with E-state index < -0.39 is 18.2 Å². The highest BCUT2D eigenvalue weighted by Gasteiger charge is 2.54. The summed E-state index contributed by atoms with van der Waals surface area (Å²) >= 11 is 0. The Hall–Kier alpha value is -2.66. The van der Waals surface area contributed by atoms with E-state index in [0.29, 0.717) is 12.3 Å². The van der Waals surface area contributed by atoms with Crippen molar-refractivity contribution in [3.05, 3.63) is 71.3 Å². The zero-order valence-corrected chi connectivity index (χ0v) is 14.7. The largest absolute Gasteiger partial charge is 0.386 e. The highest BCUT2D eigenvalue weighted by Crippen LogP contribution is 2.34. The molecule has 1 fully saturated rings. The Morgan fingerprint density at radius 3 is 2.58 bits per heavy atom. The lowest BCUT2D eigenvalue weighted by Gasteiger charge is -2.22. The van der Waals surface area contributed by atoms with Crippen LogP contribution in [0.4, 0.5) is 0 Å². The minimum Gasteiger partial charge on any atom is -0.386 e. The number of oxime groups is 1. The van der Waals surface area contributed by atoms with E-state index in [1.807, 2.05) is 49.4 Å². The molecule has 5 heteroatoms. The lowest BCUT2D eigenvalue weighted by atomic mass is 9.93. The molecule has 2 aliphatic heterocycles. The number of amides is 1.